The Kier molecular flexibility index (Phi) is 4.92. The predicted molar refractivity (Wildman–Crippen MR) is 105 cm³/mol. The highest BCUT2D eigenvalue weighted by Gasteiger charge is 2.28. The Bertz CT molecular complexity index is 962. The van der Waals surface area contributed by atoms with Crippen molar-refractivity contribution in [2.45, 2.75) is 38.8 Å². The molecule has 1 aliphatic rings. The number of aromatic nitrogens is 4. The average molecular weight is 385 g/mol. The van der Waals surface area contributed by atoms with Gasteiger partial charge in [0.25, 0.3) is 5.91 Å². The number of piperidine rings is 1. The minimum absolute atomic E-state index is 0.0737. The third-order valence-electron chi connectivity index (χ3n) is 5.21. The highest BCUT2D eigenvalue weighted by Crippen LogP contribution is 2.33. The monoisotopic (exact) mass is 384 g/mol. The normalized spacial score (nSPS) is 18.1. The molecule has 1 aliphatic heterocycles. The van der Waals surface area contributed by atoms with Gasteiger partial charge >= 0.3 is 0 Å². The minimum atomic E-state index is -0.0737. The summed E-state index contributed by atoms with van der Waals surface area (Å²) >= 11 is 1.72. The third-order valence-corrected chi connectivity index (χ3v) is 6.13. The number of rotatable bonds is 4. The zero-order valence-corrected chi connectivity index (χ0v) is 16.7. The van der Waals surface area contributed by atoms with Crippen LogP contribution < -0.4 is 0 Å². The fourth-order valence-corrected chi connectivity index (χ4v) is 4.53. The van der Waals surface area contributed by atoms with Gasteiger partial charge in [0.15, 0.2) is 5.65 Å². The molecule has 0 spiro atoms. The van der Waals surface area contributed by atoms with Gasteiger partial charge in [0.1, 0.15) is 5.56 Å². The summed E-state index contributed by atoms with van der Waals surface area (Å²) in [5.74, 6) is -0.0737. The Morgan fingerprint density at radius 2 is 2.19 bits per heavy atom. The molecule has 1 amide bonds. The Labute approximate surface area is 162 Å². The third kappa shape index (κ3) is 3.35. The Balaban J connectivity index is 1.71. The number of fused-ring (bicyclic) bond motifs is 1. The molecule has 4 rings (SSSR count). The summed E-state index contributed by atoms with van der Waals surface area (Å²) in [5.41, 5.74) is 5.30. The van der Waals surface area contributed by atoms with E-state index in [2.05, 4.69) is 26.9 Å². The van der Waals surface area contributed by atoms with Crippen LogP contribution in [0.2, 0.25) is 0 Å². The van der Waals surface area contributed by atoms with E-state index in [0.29, 0.717) is 11.2 Å². The average Bonchev–Trinajstić information content (AvgIpc) is 3.28. The SMILES string of the molecule is Cc1ncsc1CN1CCCCC1c1ccnc2c(C(=O)N(C)C)cnn12. The molecule has 142 valence electrons. The first-order valence-electron chi connectivity index (χ1n) is 9.23. The number of carbonyl (C=O) groups excluding carboxylic acids is 1. The molecule has 0 aromatic carbocycles. The second kappa shape index (κ2) is 7.36. The topological polar surface area (TPSA) is 66.6 Å². The van der Waals surface area contributed by atoms with Gasteiger partial charge in [-0.3, -0.25) is 9.69 Å². The van der Waals surface area contributed by atoms with E-state index in [0.717, 1.165) is 30.9 Å². The van der Waals surface area contributed by atoms with Crippen molar-refractivity contribution in [3.8, 4) is 0 Å². The molecule has 3 aromatic rings. The lowest BCUT2D eigenvalue weighted by atomic mass is 9.99. The first-order chi connectivity index (χ1) is 13.1. The summed E-state index contributed by atoms with van der Waals surface area (Å²) in [7, 11) is 3.49. The molecular weight excluding hydrogens is 360 g/mol. The van der Waals surface area contributed by atoms with E-state index < -0.39 is 0 Å². The number of hydrogen-bond donors (Lipinski definition) is 0. The second-order valence-electron chi connectivity index (χ2n) is 7.21. The van der Waals surface area contributed by atoms with Crippen molar-refractivity contribution in [1.82, 2.24) is 29.4 Å². The molecule has 27 heavy (non-hydrogen) atoms. The van der Waals surface area contributed by atoms with Crippen LogP contribution in [0.25, 0.3) is 5.65 Å². The molecule has 4 heterocycles. The van der Waals surface area contributed by atoms with Crippen molar-refractivity contribution >= 4 is 22.9 Å². The van der Waals surface area contributed by atoms with Gasteiger partial charge in [0.2, 0.25) is 0 Å². The molecule has 0 N–H and O–H groups in total. The quantitative estimate of drug-likeness (QED) is 0.692. The van der Waals surface area contributed by atoms with E-state index in [1.807, 2.05) is 16.1 Å². The molecule has 0 saturated carbocycles. The number of hydrogen-bond acceptors (Lipinski definition) is 6. The standard InChI is InChI=1S/C19H24N6OS/c1-13-17(27-12-21-13)11-24-9-5-4-6-15(24)16-7-8-20-18-14(10-22-25(16)18)19(26)23(2)3/h7-8,10,12,15H,4-6,9,11H2,1-3H3. The van der Waals surface area contributed by atoms with Crippen molar-refractivity contribution in [1.29, 1.82) is 0 Å². The van der Waals surface area contributed by atoms with E-state index in [-0.39, 0.29) is 11.9 Å². The van der Waals surface area contributed by atoms with Crippen LogP contribution in [0.5, 0.6) is 0 Å². The van der Waals surface area contributed by atoms with E-state index in [4.69, 9.17) is 0 Å². The lowest BCUT2D eigenvalue weighted by Gasteiger charge is -2.35. The zero-order chi connectivity index (χ0) is 19.0. The molecule has 0 radical (unpaired) electrons. The fourth-order valence-electron chi connectivity index (χ4n) is 3.73. The minimum Gasteiger partial charge on any atom is -0.345 e. The smallest absolute Gasteiger partial charge is 0.258 e. The van der Waals surface area contributed by atoms with Crippen LogP contribution in [0.15, 0.2) is 24.0 Å². The van der Waals surface area contributed by atoms with Gasteiger partial charge in [-0.25, -0.2) is 14.5 Å². The van der Waals surface area contributed by atoms with Crippen LogP contribution in [0, 0.1) is 6.92 Å². The van der Waals surface area contributed by atoms with Crippen molar-refractivity contribution in [3.05, 3.63) is 45.8 Å². The Morgan fingerprint density at radius 1 is 1.33 bits per heavy atom. The predicted octanol–water partition coefficient (Wildman–Crippen LogP) is 2.92. The zero-order valence-electron chi connectivity index (χ0n) is 15.9. The number of nitrogens with zero attached hydrogens (tertiary/aromatic N) is 6. The number of likely N-dealkylation sites (tertiary alicyclic amines) is 1. The van der Waals surface area contributed by atoms with Crippen LogP contribution >= 0.6 is 11.3 Å². The Hall–Kier alpha value is -2.32. The van der Waals surface area contributed by atoms with Crippen LogP contribution in [0.3, 0.4) is 0 Å². The van der Waals surface area contributed by atoms with Gasteiger partial charge in [-0.1, -0.05) is 6.42 Å². The Morgan fingerprint density at radius 3 is 2.93 bits per heavy atom. The number of thiazole rings is 1. The van der Waals surface area contributed by atoms with Gasteiger partial charge in [0, 0.05) is 31.7 Å². The second-order valence-corrected chi connectivity index (χ2v) is 8.15. The largest absolute Gasteiger partial charge is 0.345 e. The van der Waals surface area contributed by atoms with Gasteiger partial charge in [0.05, 0.1) is 29.1 Å². The number of carbonyl (C=O) groups is 1. The molecule has 8 heteroatoms. The fraction of sp³-hybridized carbons (Fsp3) is 0.474. The van der Waals surface area contributed by atoms with Crippen LogP contribution in [0.4, 0.5) is 0 Å². The highest BCUT2D eigenvalue weighted by atomic mass is 32.1. The van der Waals surface area contributed by atoms with Crippen LogP contribution in [0.1, 0.15) is 51.9 Å². The molecule has 0 bridgehead atoms. The maximum atomic E-state index is 12.4. The van der Waals surface area contributed by atoms with Gasteiger partial charge < -0.3 is 4.90 Å². The molecule has 1 unspecified atom stereocenters. The summed E-state index contributed by atoms with van der Waals surface area (Å²) in [4.78, 5) is 26.7. The van der Waals surface area contributed by atoms with Crippen molar-refractivity contribution < 1.29 is 4.79 Å². The lowest BCUT2D eigenvalue weighted by molar-refractivity contribution is 0.0829. The maximum Gasteiger partial charge on any atom is 0.258 e. The molecular formula is C19H24N6OS. The van der Waals surface area contributed by atoms with Gasteiger partial charge in [-0.05, 0) is 32.4 Å². The van der Waals surface area contributed by atoms with Crippen LogP contribution in [-0.2, 0) is 6.54 Å². The maximum absolute atomic E-state index is 12.4. The van der Waals surface area contributed by atoms with E-state index in [1.54, 1.807) is 42.7 Å². The molecule has 1 atom stereocenters. The number of amides is 1. The van der Waals surface area contributed by atoms with E-state index in [1.165, 1.54) is 17.7 Å². The summed E-state index contributed by atoms with van der Waals surface area (Å²) < 4.78 is 1.85. The molecule has 0 aliphatic carbocycles. The highest BCUT2D eigenvalue weighted by molar-refractivity contribution is 7.09. The molecule has 1 saturated heterocycles. The van der Waals surface area contributed by atoms with Gasteiger partial charge in [-0.2, -0.15) is 5.10 Å². The van der Waals surface area contributed by atoms with Gasteiger partial charge in [-0.15, -0.1) is 11.3 Å². The van der Waals surface area contributed by atoms with Crippen molar-refractivity contribution in [2.24, 2.45) is 0 Å². The molecule has 3 aromatic heterocycles. The van der Waals surface area contributed by atoms with Crippen molar-refractivity contribution in [2.75, 3.05) is 20.6 Å². The first-order valence-corrected chi connectivity index (χ1v) is 10.1. The van der Waals surface area contributed by atoms with Crippen molar-refractivity contribution in [3.63, 3.8) is 0 Å². The van der Waals surface area contributed by atoms with E-state index >= 15 is 0 Å². The van der Waals surface area contributed by atoms with E-state index in [9.17, 15) is 4.79 Å². The molecule has 1 fully saturated rings. The summed E-state index contributed by atoms with van der Waals surface area (Å²) in [5, 5.41) is 4.52. The number of aryl methyl sites for hydroxylation is 1. The summed E-state index contributed by atoms with van der Waals surface area (Å²) in [6, 6.07) is 2.29. The van der Waals surface area contributed by atoms with Crippen LogP contribution in [-0.4, -0.2) is 55.9 Å². The molecule has 7 nitrogen and oxygen atoms in total. The first kappa shape index (κ1) is 18.1. The summed E-state index contributed by atoms with van der Waals surface area (Å²) in [6.07, 6.45) is 6.90. The lowest BCUT2D eigenvalue weighted by Crippen LogP contribution is -2.34. The summed E-state index contributed by atoms with van der Waals surface area (Å²) in [6.45, 7) is 4.02.